The summed E-state index contributed by atoms with van der Waals surface area (Å²) in [6.45, 7) is 5.78. The summed E-state index contributed by atoms with van der Waals surface area (Å²) in [4.78, 5) is 0.345. The Bertz CT molecular complexity index is 108. The van der Waals surface area contributed by atoms with Crippen LogP contribution in [0.15, 0.2) is 0 Å². The highest BCUT2D eigenvalue weighted by atomic mass is 28.3. The zero-order valence-electron chi connectivity index (χ0n) is 7.02. The molecular weight excluding hydrogens is 156 g/mol. The summed E-state index contributed by atoms with van der Waals surface area (Å²) in [5, 5.41) is 0. The monoisotopic (exact) mass is 173 g/mol. The molecule has 1 aliphatic rings. The third-order valence-electron chi connectivity index (χ3n) is 2.44. The molecule has 3 heteroatoms. The number of rotatable bonds is 1. The van der Waals surface area contributed by atoms with Crippen molar-refractivity contribution in [2.75, 3.05) is 6.61 Å². The second-order valence-electron chi connectivity index (χ2n) is 3.53. The lowest BCUT2D eigenvalue weighted by Crippen LogP contribution is -2.47. The molecule has 1 unspecified atom stereocenters. The van der Waals surface area contributed by atoms with E-state index in [0.29, 0.717) is 4.85 Å². The Balaban J connectivity index is 2.48. The maximum absolute atomic E-state index is 5.80. The number of hydrogen-bond donors (Lipinski definition) is 0. The first-order valence-electron chi connectivity index (χ1n) is 4.14. The number of ether oxygens (including phenoxy) is 1. The second kappa shape index (κ2) is 3.19. The average Bonchev–Trinajstić information content (AvgIpc) is 1.89. The highest BCUT2D eigenvalue weighted by Crippen LogP contribution is 2.23. The Labute approximate surface area is 68.2 Å². The predicted octanol–water partition coefficient (Wildman–Crippen LogP) is 0.542. The van der Waals surface area contributed by atoms with Gasteiger partial charge >= 0.3 is 0 Å². The summed E-state index contributed by atoms with van der Waals surface area (Å²) >= 11 is 0. The summed E-state index contributed by atoms with van der Waals surface area (Å²) in [5.41, 5.74) is 0. The van der Waals surface area contributed by atoms with E-state index < -0.39 is 8.80 Å². The molecule has 1 heterocycles. The first-order chi connectivity index (χ1) is 4.65. The van der Waals surface area contributed by atoms with E-state index in [1.165, 1.54) is 19.3 Å². The molecule has 1 fully saturated rings. The molecule has 0 aromatic carbocycles. The SMILES string of the molecule is C[SiH](C)C1([SiH2])CCCCO1. The zero-order valence-corrected chi connectivity index (χ0v) is 9.59. The van der Waals surface area contributed by atoms with E-state index in [1.807, 2.05) is 0 Å². The van der Waals surface area contributed by atoms with Crippen LogP contribution in [0.1, 0.15) is 19.3 Å². The summed E-state index contributed by atoms with van der Waals surface area (Å²) in [6.07, 6.45) is 3.98. The van der Waals surface area contributed by atoms with Gasteiger partial charge in [0.15, 0.2) is 0 Å². The van der Waals surface area contributed by atoms with Gasteiger partial charge in [0, 0.05) is 21.7 Å². The molecule has 0 amide bonds. The number of hydrogen-bond acceptors (Lipinski definition) is 1. The van der Waals surface area contributed by atoms with Crippen LogP contribution in [-0.4, -0.2) is 30.5 Å². The fourth-order valence-electron chi connectivity index (χ4n) is 1.33. The molecule has 0 aromatic heterocycles. The van der Waals surface area contributed by atoms with Crippen LogP contribution in [0, 0.1) is 0 Å². The molecule has 0 spiro atoms. The Hall–Kier alpha value is 0.394. The molecule has 0 aromatic rings. The molecule has 1 aliphatic heterocycles. The first-order valence-corrected chi connectivity index (χ1v) is 7.74. The maximum Gasteiger partial charge on any atom is 0.0641 e. The van der Waals surface area contributed by atoms with Gasteiger partial charge in [-0.3, -0.25) is 0 Å². The lowest BCUT2D eigenvalue weighted by Gasteiger charge is -2.37. The minimum Gasteiger partial charge on any atom is -0.383 e. The maximum atomic E-state index is 5.80. The summed E-state index contributed by atoms with van der Waals surface area (Å²) in [6, 6.07) is 0. The van der Waals surface area contributed by atoms with Crippen molar-refractivity contribution in [1.82, 2.24) is 0 Å². The lowest BCUT2D eigenvalue weighted by molar-refractivity contribution is 0.0336. The molecule has 0 N–H and O–H groups in total. The van der Waals surface area contributed by atoms with E-state index in [0.717, 1.165) is 6.61 Å². The molecule has 1 rings (SSSR count). The van der Waals surface area contributed by atoms with Gasteiger partial charge in [0.25, 0.3) is 0 Å². The molecule has 1 nitrogen and oxygen atoms in total. The summed E-state index contributed by atoms with van der Waals surface area (Å²) < 4.78 is 5.80. The normalized spacial score (nSPS) is 34.8. The van der Waals surface area contributed by atoms with Crippen LogP contribution < -0.4 is 0 Å². The first kappa shape index (κ1) is 8.49. The molecule has 1 radical (unpaired) electrons. The zero-order chi connectivity index (χ0) is 7.61. The molecule has 1 atom stereocenters. The molecule has 0 aliphatic carbocycles. The van der Waals surface area contributed by atoms with E-state index in [9.17, 15) is 0 Å². The Kier molecular flexibility index (Phi) is 2.71. The Morgan fingerprint density at radius 1 is 1.40 bits per heavy atom. The van der Waals surface area contributed by atoms with Crippen molar-refractivity contribution in [2.24, 2.45) is 0 Å². The van der Waals surface area contributed by atoms with Crippen molar-refractivity contribution in [3.8, 4) is 0 Å². The van der Waals surface area contributed by atoms with Gasteiger partial charge in [0.1, 0.15) is 0 Å². The van der Waals surface area contributed by atoms with E-state index >= 15 is 0 Å². The molecule has 10 heavy (non-hydrogen) atoms. The van der Waals surface area contributed by atoms with E-state index in [1.54, 1.807) is 0 Å². The molecule has 1 saturated heterocycles. The van der Waals surface area contributed by atoms with Crippen LogP contribution in [0.3, 0.4) is 0 Å². The van der Waals surface area contributed by atoms with Gasteiger partial charge in [0.2, 0.25) is 0 Å². The fraction of sp³-hybridized carbons (Fsp3) is 1.00. The van der Waals surface area contributed by atoms with Gasteiger partial charge in [-0.1, -0.05) is 13.1 Å². The van der Waals surface area contributed by atoms with Crippen LogP contribution in [0.25, 0.3) is 0 Å². The van der Waals surface area contributed by atoms with Crippen molar-refractivity contribution in [1.29, 1.82) is 0 Å². The minimum absolute atomic E-state index is 0.345. The predicted molar refractivity (Wildman–Crippen MR) is 50.0 cm³/mol. The van der Waals surface area contributed by atoms with Crippen LogP contribution >= 0.6 is 0 Å². The molecule has 0 bridgehead atoms. The van der Waals surface area contributed by atoms with Crippen molar-refractivity contribution >= 4 is 19.0 Å². The van der Waals surface area contributed by atoms with Gasteiger partial charge in [-0.25, -0.2) is 0 Å². The van der Waals surface area contributed by atoms with E-state index in [4.69, 9.17) is 4.74 Å². The van der Waals surface area contributed by atoms with Gasteiger partial charge < -0.3 is 4.74 Å². The highest BCUT2D eigenvalue weighted by Gasteiger charge is 2.31. The van der Waals surface area contributed by atoms with Crippen molar-refractivity contribution in [3.05, 3.63) is 0 Å². The van der Waals surface area contributed by atoms with Crippen molar-refractivity contribution in [3.63, 3.8) is 0 Å². The Morgan fingerprint density at radius 3 is 2.40 bits per heavy atom. The van der Waals surface area contributed by atoms with Gasteiger partial charge in [-0.15, -0.1) is 0 Å². The van der Waals surface area contributed by atoms with Crippen LogP contribution in [-0.2, 0) is 4.74 Å². The summed E-state index contributed by atoms with van der Waals surface area (Å²) in [7, 11) is 1.51. The largest absolute Gasteiger partial charge is 0.383 e. The quantitative estimate of drug-likeness (QED) is 0.526. The van der Waals surface area contributed by atoms with E-state index in [-0.39, 0.29) is 0 Å². The highest BCUT2D eigenvalue weighted by molar-refractivity contribution is 6.67. The van der Waals surface area contributed by atoms with Crippen LogP contribution in [0.5, 0.6) is 0 Å². The van der Waals surface area contributed by atoms with Gasteiger partial charge in [-0.2, -0.15) is 0 Å². The Morgan fingerprint density at radius 2 is 2.10 bits per heavy atom. The van der Waals surface area contributed by atoms with Crippen LogP contribution in [0.4, 0.5) is 0 Å². The smallest absolute Gasteiger partial charge is 0.0641 e. The topological polar surface area (TPSA) is 9.23 Å². The van der Waals surface area contributed by atoms with Crippen molar-refractivity contribution < 1.29 is 4.74 Å². The summed E-state index contributed by atoms with van der Waals surface area (Å²) in [5.74, 6) is 0. The minimum atomic E-state index is -0.577. The van der Waals surface area contributed by atoms with Crippen LogP contribution in [0.2, 0.25) is 13.1 Å². The molecule has 59 valence electrons. The van der Waals surface area contributed by atoms with E-state index in [2.05, 4.69) is 23.3 Å². The standard InChI is InChI=1S/C7H17OSi2/c1-10(2)7(9)5-3-4-6-8-7/h10H,3-6,9H2,1-2H3. The fourth-order valence-corrected chi connectivity index (χ4v) is 2.96. The van der Waals surface area contributed by atoms with Gasteiger partial charge in [0.05, 0.1) is 8.80 Å². The molecule has 0 saturated carbocycles. The second-order valence-corrected chi connectivity index (χ2v) is 8.90. The molecular formula is C7H17OSi2. The van der Waals surface area contributed by atoms with Crippen molar-refractivity contribution in [2.45, 2.75) is 37.2 Å². The third-order valence-corrected chi connectivity index (χ3v) is 8.00. The average molecular weight is 173 g/mol. The van der Waals surface area contributed by atoms with Gasteiger partial charge in [-0.05, 0) is 19.3 Å². The lowest BCUT2D eigenvalue weighted by atomic mass is 10.2. The third kappa shape index (κ3) is 1.71.